The fraction of sp³-hybridized carbons (Fsp3) is 0.500. The van der Waals surface area contributed by atoms with Gasteiger partial charge in [-0.1, -0.05) is 32.9 Å². The molecule has 1 heteroatoms. The van der Waals surface area contributed by atoms with Gasteiger partial charge in [-0.2, -0.15) is 0 Å². The van der Waals surface area contributed by atoms with Crippen molar-refractivity contribution in [2.24, 2.45) is 10.4 Å². The monoisotopic (exact) mass is 151 g/mol. The molecular formula is C10H17N. The Bertz CT molecular complexity index is 180. The Hall–Kier alpha value is -0.850. The number of allylic oxidation sites excluding steroid dienone is 2. The molecule has 0 aliphatic rings. The molecule has 0 aliphatic carbocycles. The minimum atomic E-state index is 0.243. The van der Waals surface area contributed by atoms with Gasteiger partial charge in [-0.05, 0) is 18.4 Å². The number of rotatable bonds is 2. The molecule has 0 fully saturated rings. The van der Waals surface area contributed by atoms with Crippen LogP contribution in [0.1, 0.15) is 27.7 Å². The summed E-state index contributed by atoms with van der Waals surface area (Å²) in [5.74, 6) is 0. The Morgan fingerprint density at radius 2 is 1.91 bits per heavy atom. The number of nitrogens with zero attached hydrogens (tertiary/aromatic N) is 1. The van der Waals surface area contributed by atoms with Crippen molar-refractivity contribution >= 4 is 6.21 Å². The van der Waals surface area contributed by atoms with Crippen molar-refractivity contribution in [2.45, 2.75) is 27.7 Å². The van der Waals surface area contributed by atoms with Gasteiger partial charge in [0.2, 0.25) is 0 Å². The molecule has 0 saturated heterocycles. The molecule has 0 rings (SSSR count). The molecule has 0 N–H and O–H groups in total. The van der Waals surface area contributed by atoms with Crippen molar-refractivity contribution in [2.75, 3.05) is 0 Å². The molecule has 0 bridgehead atoms. The SMILES string of the molecule is C=C/N=C\C=C(/C)C(C)(C)C. The molecule has 0 aliphatic heterocycles. The van der Waals surface area contributed by atoms with Crippen LogP contribution in [-0.2, 0) is 0 Å². The van der Waals surface area contributed by atoms with E-state index in [4.69, 9.17) is 0 Å². The largest absolute Gasteiger partial charge is 0.265 e. The van der Waals surface area contributed by atoms with E-state index < -0.39 is 0 Å². The van der Waals surface area contributed by atoms with Crippen LogP contribution >= 0.6 is 0 Å². The molecule has 0 unspecified atom stereocenters. The average molecular weight is 151 g/mol. The van der Waals surface area contributed by atoms with Crippen LogP contribution in [0.5, 0.6) is 0 Å². The quantitative estimate of drug-likeness (QED) is 0.537. The lowest BCUT2D eigenvalue weighted by molar-refractivity contribution is 0.505. The lowest BCUT2D eigenvalue weighted by Crippen LogP contribution is -2.06. The van der Waals surface area contributed by atoms with Gasteiger partial charge in [0.05, 0.1) is 0 Å². The lowest BCUT2D eigenvalue weighted by atomic mass is 9.88. The standard InChI is InChI=1S/C10H17N/c1-6-11-8-7-9(2)10(3,4)5/h6-8H,1H2,2-5H3/b9-7+,11-8-. The molecule has 62 valence electrons. The molecule has 0 amide bonds. The van der Waals surface area contributed by atoms with Crippen molar-refractivity contribution < 1.29 is 0 Å². The second-order valence-corrected chi connectivity index (χ2v) is 3.58. The maximum absolute atomic E-state index is 3.89. The summed E-state index contributed by atoms with van der Waals surface area (Å²) in [6.07, 6.45) is 5.32. The van der Waals surface area contributed by atoms with E-state index >= 15 is 0 Å². The summed E-state index contributed by atoms with van der Waals surface area (Å²) < 4.78 is 0. The van der Waals surface area contributed by atoms with Gasteiger partial charge in [0, 0.05) is 12.4 Å². The summed E-state index contributed by atoms with van der Waals surface area (Å²) in [6, 6.07) is 0. The Balaban J connectivity index is 4.23. The fourth-order valence-electron chi connectivity index (χ4n) is 0.466. The Morgan fingerprint density at radius 1 is 1.36 bits per heavy atom. The number of hydrogen-bond donors (Lipinski definition) is 0. The third-order valence-corrected chi connectivity index (χ3v) is 1.70. The first kappa shape index (κ1) is 10.2. The Morgan fingerprint density at radius 3 is 2.27 bits per heavy atom. The van der Waals surface area contributed by atoms with Crippen LogP contribution in [0.3, 0.4) is 0 Å². The zero-order valence-corrected chi connectivity index (χ0v) is 7.89. The normalized spacial score (nSPS) is 14.0. The summed E-state index contributed by atoms with van der Waals surface area (Å²) in [5.41, 5.74) is 1.57. The first-order valence-corrected chi connectivity index (χ1v) is 3.80. The van der Waals surface area contributed by atoms with Gasteiger partial charge >= 0.3 is 0 Å². The van der Waals surface area contributed by atoms with Crippen molar-refractivity contribution in [1.82, 2.24) is 0 Å². The highest BCUT2D eigenvalue weighted by Crippen LogP contribution is 2.23. The predicted molar refractivity (Wildman–Crippen MR) is 51.9 cm³/mol. The molecule has 0 aromatic carbocycles. The minimum Gasteiger partial charge on any atom is -0.265 e. The van der Waals surface area contributed by atoms with E-state index in [0.717, 1.165) is 0 Å². The van der Waals surface area contributed by atoms with Crippen molar-refractivity contribution in [1.29, 1.82) is 0 Å². The van der Waals surface area contributed by atoms with Gasteiger partial charge in [0.1, 0.15) is 0 Å². The van der Waals surface area contributed by atoms with Crippen LogP contribution < -0.4 is 0 Å². The van der Waals surface area contributed by atoms with E-state index in [0.29, 0.717) is 0 Å². The van der Waals surface area contributed by atoms with Crippen LogP contribution in [0.2, 0.25) is 0 Å². The predicted octanol–water partition coefficient (Wildman–Crippen LogP) is 3.19. The highest BCUT2D eigenvalue weighted by Gasteiger charge is 2.10. The highest BCUT2D eigenvalue weighted by atomic mass is 14.6. The van der Waals surface area contributed by atoms with E-state index in [9.17, 15) is 0 Å². The zero-order chi connectivity index (χ0) is 8.91. The van der Waals surface area contributed by atoms with Gasteiger partial charge in [-0.25, -0.2) is 0 Å². The lowest BCUT2D eigenvalue weighted by Gasteiger charge is -2.18. The summed E-state index contributed by atoms with van der Waals surface area (Å²) in [6.45, 7) is 12.1. The third kappa shape index (κ3) is 4.54. The van der Waals surface area contributed by atoms with E-state index in [2.05, 4.69) is 39.3 Å². The van der Waals surface area contributed by atoms with E-state index in [1.54, 1.807) is 6.21 Å². The summed E-state index contributed by atoms with van der Waals surface area (Å²) in [7, 11) is 0. The fourth-order valence-corrected chi connectivity index (χ4v) is 0.466. The smallest absolute Gasteiger partial charge is 0.0267 e. The first-order valence-electron chi connectivity index (χ1n) is 3.80. The average Bonchev–Trinajstić information content (AvgIpc) is 1.86. The summed E-state index contributed by atoms with van der Waals surface area (Å²) in [4.78, 5) is 3.89. The topological polar surface area (TPSA) is 12.4 Å². The van der Waals surface area contributed by atoms with Crippen LogP contribution in [-0.4, -0.2) is 6.21 Å². The molecule has 0 aromatic heterocycles. The number of hydrogen-bond acceptors (Lipinski definition) is 1. The van der Waals surface area contributed by atoms with E-state index in [1.165, 1.54) is 11.8 Å². The minimum absolute atomic E-state index is 0.243. The Kier molecular flexibility index (Phi) is 3.80. The molecule has 0 spiro atoms. The maximum Gasteiger partial charge on any atom is 0.0267 e. The van der Waals surface area contributed by atoms with Crippen molar-refractivity contribution in [3.05, 3.63) is 24.4 Å². The first-order chi connectivity index (χ1) is 4.98. The molecule has 0 saturated carbocycles. The van der Waals surface area contributed by atoms with Gasteiger partial charge in [0.25, 0.3) is 0 Å². The molecular weight excluding hydrogens is 134 g/mol. The molecule has 11 heavy (non-hydrogen) atoms. The van der Waals surface area contributed by atoms with Crippen LogP contribution in [0, 0.1) is 5.41 Å². The van der Waals surface area contributed by atoms with E-state index in [1.807, 2.05) is 6.08 Å². The maximum atomic E-state index is 3.89. The van der Waals surface area contributed by atoms with Crippen LogP contribution in [0.4, 0.5) is 0 Å². The molecule has 0 aromatic rings. The van der Waals surface area contributed by atoms with Gasteiger partial charge in [-0.15, -0.1) is 0 Å². The molecule has 0 heterocycles. The third-order valence-electron chi connectivity index (χ3n) is 1.70. The summed E-state index contributed by atoms with van der Waals surface area (Å²) >= 11 is 0. The van der Waals surface area contributed by atoms with E-state index in [-0.39, 0.29) is 5.41 Å². The van der Waals surface area contributed by atoms with Crippen molar-refractivity contribution in [3.8, 4) is 0 Å². The molecule has 1 nitrogen and oxygen atoms in total. The second kappa shape index (κ2) is 4.12. The number of aliphatic imine (C=N–C) groups is 1. The molecule has 0 atom stereocenters. The van der Waals surface area contributed by atoms with Crippen LogP contribution in [0.25, 0.3) is 0 Å². The highest BCUT2D eigenvalue weighted by molar-refractivity contribution is 5.72. The summed E-state index contributed by atoms with van der Waals surface area (Å²) in [5, 5.41) is 0. The second-order valence-electron chi connectivity index (χ2n) is 3.58. The van der Waals surface area contributed by atoms with Gasteiger partial charge in [-0.3, -0.25) is 4.99 Å². The van der Waals surface area contributed by atoms with Gasteiger partial charge < -0.3 is 0 Å². The van der Waals surface area contributed by atoms with Gasteiger partial charge in [0.15, 0.2) is 0 Å². The Labute approximate surface area is 69.5 Å². The van der Waals surface area contributed by atoms with Crippen molar-refractivity contribution in [3.63, 3.8) is 0 Å². The zero-order valence-electron chi connectivity index (χ0n) is 7.89. The molecule has 0 radical (unpaired) electrons. The van der Waals surface area contributed by atoms with Crippen LogP contribution in [0.15, 0.2) is 29.4 Å².